The molecular weight excluding hydrogens is 384 g/mol. The zero-order chi connectivity index (χ0) is 19.0. The highest BCUT2D eigenvalue weighted by atomic mass is 35.5. The Morgan fingerprint density at radius 3 is 2.81 bits per heavy atom. The fourth-order valence-corrected chi connectivity index (χ4v) is 4.05. The number of nitrogens with zero attached hydrogens (tertiary/aromatic N) is 1. The van der Waals surface area contributed by atoms with Crippen molar-refractivity contribution in [2.75, 3.05) is 12.4 Å². The van der Waals surface area contributed by atoms with Crippen molar-refractivity contribution in [2.24, 2.45) is 0 Å². The SMILES string of the molecule is COc1ccc(-c2nc(NC(=O)C3Cc4cc(Cl)ccc4O3)sc2C)cc1. The molecule has 1 unspecified atom stereocenters. The van der Waals surface area contributed by atoms with Gasteiger partial charge < -0.3 is 9.47 Å². The summed E-state index contributed by atoms with van der Waals surface area (Å²) in [6.45, 7) is 1.98. The summed E-state index contributed by atoms with van der Waals surface area (Å²) in [5.74, 6) is 1.28. The van der Waals surface area contributed by atoms with Crippen molar-refractivity contribution in [1.29, 1.82) is 0 Å². The van der Waals surface area contributed by atoms with Crippen LogP contribution in [0.3, 0.4) is 0 Å². The molecule has 1 amide bonds. The number of nitrogens with one attached hydrogen (secondary N) is 1. The van der Waals surface area contributed by atoms with Crippen LogP contribution in [0, 0.1) is 6.92 Å². The number of halogens is 1. The van der Waals surface area contributed by atoms with Crippen LogP contribution in [-0.4, -0.2) is 24.1 Å². The van der Waals surface area contributed by atoms with Gasteiger partial charge in [-0.15, -0.1) is 11.3 Å². The molecule has 7 heteroatoms. The molecule has 0 saturated carbocycles. The molecule has 0 aliphatic carbocycles. The average molecular weight is 401 g/mol. The van der Waals surface area contributed by atoms with Gasteiger partial charge >= 0.3 is 0 Å². The molecule has 2 aromatic carbocycles. The number of benzene rings is 2. The molecule has 1 atom stereocenters. The summed E-state index contributed by atoms with van der Waals surface area (Å²) in [7, 11) is 1.63. The van der Waals surface area contributed by atoms with E-state index in [1.54, 1.807) is 19.2 Å². The van der Waals surface area contributed by atoms with E-state index in [-0.39, 0.29) is 5.91 Å². The molecule has 1 aliphatic heterocycles. The van der Waals surface area contributed by atoms with Gasteiger partial charge in [-0.3, -0.25) is 10.1 Å². The van der Waals surface area contributed by atoms with Crippen molar-refractivity contribution in [3.05, 3.63) is 57.9 Å². The standard InChI is InChI=1S/C20H17ClN2O3S/c1-11-18(12-3-6-15(25-2)7-4-12)22-20(27-11)23-19(24)17-10-13-9-14(21)5-8-16(13)26-17/h3-9,17H,10H2,1-2H3,(H,22,23,24). The van der Waals surface area contributed by atoms with Crippen molar-refractivity contribution < 1.29 is 14.3 Å². The number of methoxy groups -OCH3 is 1. The third kappa shape index (κ3) is 3.63. The molecule has 1 aromatic heterocycles. The quantitative estimate of drug-likeness (QED) is 0.688. The lowest BCUT2D eigenvalue weighted by Gasteiger charge is -2.09. The Balaban J connectivity index is 1.48. The molecule has 138 valence electrons. The van der Waals surface area contributed by atoms with Gasteiger partial charge in [0.05, 0.1) is 12.8 Å². The van der Waals surface area contributed by atoms with Crippen LogP contribution in [0.4, 0.5) is 5.13 Å². The van der Waals surface area contributed by atoms with Crippen LogP contribution in [0.5, 0.6) is 11.5 Å². The molecule has 2 heterocycles. The van der Waals surface area contributed by atoms with Crippen molar-refractivity contribution in [1.82, 2.24) is 4.98 Å². The number of amides is 1. The highest BCUT2D eigenvalue weighted by molar-refractivity contribution is 7.16. The topological polar surface area (TPSA) is 60.5 Å². The zero-order valence-electron chi connectivity index (χ0n) is 14.8. The minimum atomic E-state index is -0.577. The average Bonchev–Trinajstić information content (AvgIpc) is 3.24. The monoisotopic (exact) mass is 400 g/mol. The van der Waals surface area contributed by atoms with Gasteiger partial charge in [-0.2, -0.15) is 0 Å². The first kappa shape index (κ1) is 17.8. The second kappa shape index (κ2) is 7.21. The lowest BCUT2D eigenvalue weighted by Crippen LogP contribution is -2.31. The van der Waals surface area contributed by atoms with Crippen molar-refractivity contribution in [2.45, 2.75) is 19.4 Å². The molecule has 1 N–H and O–H groups in total. The number of aromatic nitrogens is 1. The Morgan fingerprint density at radius 1 is 1.30 bits per heavy atom. The number of anilines is 1. The van der Waals surface area contributed by atoms with E-state index in [9.17, 15) is 4.79 Å². The van der Waals surface area contributed by atoms with Gasteiger partial charge in [0.1, 0.15) is 11.5 Å². The number of fused-ring (bicyclic) bond motifs is 1. The minimum Gasteiger partial charge on any atom is -0.497 e. The van der Waals surface area contributed by atoms with Crippen LogP contribution in [0.2, 0.25) is 5.02 Å². The predicted molar refractivity (Wildman–Crippen MR) is 107 cm³/mol. The Hall–Kier alpha value is -2.57. The lowest BCUT2D eigenvalue weighted by molar-refractivity contribution is -0.122. The van der Waals surface area contributed by atoms with Gasteiger partial charge in [0.2, 0.25) is 0 Å². The van der Waals surface area contributed by atoms with Gasteiger partial charge in [0.15, 0.2) is 11.2 Å². The Labute approximate surface area is 165 Å². The fourth-order valence-electron chi connectivity index (χ4n) is 3.02. The lowest BCUT2D eigenvalue weighted by atomic mass is 10.1. The van der Waals surface area contributed by atoms with E-state index in [0.717, 1.165) is 27.4 Å². The van der Waals surface area contributed by atoms with Crippen LogP contribution < -0.4 is 14.8 Å². The molecule has 0 fully saturated rings. The maximum Gasteiger partial charge on any atom is 0.267 e. The van der Waals surface area contributed by atoms with Crippen molar-refractivity contribution in [3.8, 4) is 22.8 Å². The molecule has 4 rings (SSSR count). The number of carbonyl (C=O) groups excluding carboxylic acids is 1. The summed E-state index contributed by atoms with van der Waals surface area (Å²) >= 11 is 7.45. The van der Waals surface area contributed by atoms with Gasteiger partial charge in [-0.05, 0) is 55.0 Å². The maximum atomic E-state index is 12.6. The number of hydrogen-bond acceptors (Lipinski definition) is 5. The minimum absolute atomic E-state index is 0.211. The van der Waals surface area contributed by atoms with E-state index in [1.165, 1.54) is 11.3 Å². The number of carbonyl (C=O) groups is 1. The number of thiazole rings is 1. The van der Waals surface area contributed by atoms with Gasteiger partial charge in [-0.1, -0.05) is 11.6 Å². The number of hydrogen-bond donors (Lipinski definition) is 1. The smallest absolute Gasteiger partial charge is 0.267 e. The van der Waals surface area contributed by atoms with E-state index in [1.807, 2.05) is 37.3 Å². The molecular formula is C20H17ClN2O3S. The van der Waals surface area contributed by atoms with Gasteiger partial charge in [0, 0.05) is 21.9 Å². The van der Waals surface area contributed by atoms with Crippen LogP contribution in [0.1, 0.15) is 10.4 Å². The molecule has 1 aliphatic rings. The summed E-state index contributed by atoms with van der Waals surface area (Å²) in [6.07, 6.45) is -0.0793. The Kier molecular flexibility index (Phi) is 4.76. The van der Waals surface area contributed by atoms with Crippen LogP contribution >= 0.6 is 22.9 Å². The molecule has 0 saturated heterocycles. The molecule has 0 bridgehead atoms. The van der Waals surface area contributed by atoms with E-state index < -0.39 is 6.10 Å². The number of rotatable bonds is 4. The first-order valence-corrected chi connectivity index (χ1v) is 9.61. The highest BCUT2D eigenvalue weighted by Gasteiger charge is 2.30. The van der Waals surface area contributed by atoms with Crippen molar-refractivity contribution in [3.63, 3.8) is 0 Å². The summed E-state index contributed by atoms with van der Waals surface area (Å²) < 4.78 is 10.9. The zero-order valence-corrected chi connectivity index (χ0v) is 16.4. The molecule has 3 aromatic rings. The van der Waals surface area contributed by atoms with Crippen LogP contribution in [-0.2, 0) is 11.2 Å². The molecule has 5 nitrogen and oxygen atoms in total. The molecule has 27 heavy (non-hydrogen) atoms. The summed E-state index contributed by atoms with van der Waals surface area (Å²) in [5, 5.41) is 4.07. The van der Waals surface area contributed by atoms with E-state index in [0.29, 0.717) is 22.3 Å². The first-order chi connectivity index (χ1) is 13.0. The normalized spacial score (nSPS) is 15.1. The molecule has 0 radical (unpaired) electrons. The summed E-state index contributed by atoms with van der Waals surface area (Å²) in [4.78, 5) is 18.2. The third-order valence-corrected chi connectivity index (χ3v) is 5.50. The fraction of sp³-hybridized carbons (Fsp3) is 0.200. The van der Waals surface area contributed by atoms with Gasteiger partial charge in [0.25, 0.3) is 5.91 Å². The first-order valence-electron chi connectivity index (χ1n) is 8.41. The van der Waals surface area contributed by atoms with Crippen LogP contribution in [0.15, 0.2) is 42.5 Å². The van der Waals surface area contributed by atoms with E-state index in [2.05, 4.69) is 10.3 Å². The third-order valence-electron chi connectivity index (χ3n) is 4.38. The molecule has 0 spiro atoms. The summed E-state index contributed by atoms with van der Waals surface area (Å²) in [5.41, 5.74) is 2.77. The Bertz CT molecular complexity index is 1000. The van der Waals surface area contributed by atoms with Crippen LogP contribution in [0.25, 0.3) is 11.3 Å². The second-order valence-corrected chi connectivity index (χ2v) is 7.84. The van der Waals surface area contributed by atoms with E-state index >= 15 is 0 Å². The summed E-state index contributed by atoms with van der Waals surface area (Å²) in [6, 6.07) is 13.1. The van der Waals surface area contributed by atoms with Gasteiger partial charge in [-0.25, -0.2) is 4.98 Å². The maximum absolute atomic E-state index is 12.6. The highest BCUT2D eigenvalue weighted by Crippen LogP contribution is 2.33. The number of aryl methyl sites for hydroxylation is 1. The predicted octanol–water partition coefficient (Wildman–Crippen LogP) is 4.72. The number of ether oxygens (including phenoxy) is 2. The van der Waals surface area contributed by atoms with E-state index in [4.69, 9.17) is 21.1 Å². The van der Waals surface area contributed by atoms with Crippen molar-refractivity contribution >= 4 is 34.0 Å². The largest absolute Gasteiger partial charge is 0.497 e. The Morgan fingerprint density at radius 2 is 2.07 bits per heavy atom. The second-order valence-electron chi connectivity index (χ2n) is 6.20.